The fraction of sp³-hybridized carbons (Fsp3) is 0.364. The molecule has 8 nitrogen and oxygen atoms in total. The summed E-state index contributed by atoms with van der Waals surface area (Å²) in [5, 5.41) is 17.8. The number of aryl methyl sites for hydroxylation is 1. The maximum Gasteiger partial charge on any atom is 0.353 e. The molecule has 9 heteroatoms. The highest BCUT2D eigenvalue weighted by Crippen LogP contribution is 2.29. The molecular weight excluding hydrogens is 280 g/mol. The molecule has 0 radical (unpaired) electrons. The number of anilines is 2. The second-order valence-corrected chi connectivity index (χ2v) is 5.24. The third kappa shape index (κ3) is 3.18. The lowest BCUT2D eigenvalue weighted by Gasteiger charge is -2.07. The zero-order valence-electron chi connectivity index (χ0n) is 11.1. The van der Waals surface area contributed by atoms with E-state index in [2.05, 4.69) is 25.6 Å². The van der Waals surface area contributed by atoms with Crippen LogP contribution in [0.2, 0.25) is 0 Å². The van der Waals surface area contributed by atoms with Gasteiger partial charge in [-0.2, -0.15) is 0 Å². The first-order valence-electron chi connectivity index (χ1n) is 6.00. The van der Waals surface area contributed by atoms with E-state index >= 15 is 0 Å². The predicted octanol–water partition coefficient (Wildman–Crippen LogP) is 2.19. The summed E-state index contributed by atoms with van der Waals surface area (Å²) in [6.07, 6.45) is 3.06. The van der Waals surface area contributed by atoms with Crippen LogP contribution in [0.15, 0.2) is 12.5 Å². The summed E-state index contributed by atoms with van der Waals surface area (Å²) >= 11 is 1.53. The third-order valence-corrected chi connectivity index (χ3v) is 3.34. The summed E-state index contributed by atoms with van der Waals surface area (Å²) in [5.74, 6) is 0.402. The largest absolute Gasteiger partial charge is 0.364 e. The van der Waals surface area contributed by atoms with Crippen molar-refractivity contribution in [3.8, 4) is 0 Å². The molecule has 0 aliphatic rings. The van der Waals surface area contributed by atoms with Crippen molar-refractivity contribution in [3.05, 3.63) is 32.5 Å². The van der Waals surface area contributed by atoms with Gasteiger partial charge in [-0.15, -0.1) is 11.3 Å². The number of nitrogens with one attached hydrogen (secondary N) is 2. The molecule has 2 aromatic rings. The minimum Gasteiger partial charge on any atom is -0.364 e. The van der Waals surface area contributed by atoms with Crippen molar-refractivity contribution in [3.63, 3.8) is 0 Å². The van der Waals surface area contributed by atoms with Gasteiger partial charge in [-0.25, -0.2) is 15.0 Å². The van der Waals surface area contributed by atoms with Gasteiger partial charge in [0.15, 0.2) is 0 Å². The van der Waals surface area contributed by atoms with Gasteiger partial charge in [0.2, 0.25) is 11.6 Å². The highest BCUT2D eigenvalue weighted by Gasteiger charge is 2.22. The molecule has 106 valence electrons. The summed E-state index contributed by atoms with van der Waals surface area (Å²) in [7, 11) is 0. The summed E-state index contributed by atoms with van der Waals surface area (Å²) in [6.45, 7) is 4.74. The lowest BCUT2D eigenvalue weighted by molar-refractivity contribution is -0.383. The van der Waals surface area contributed by atoms with Crippen molar-refractivity contribution < 1.29 is 4.92 Å². The number of rotatable bonds is 6. The normalized spacial score (nSPS) is 10.3. The van der Waals surface area contributed by atoms with Crippen LogP contribution in [0.5, 0.6) is 0 Å². The number of aromatic nitrogens is 3. The maximum absolute atomic E-state index is 11.2. The Bertz CT molecular complexity index is 615. The van der Waals surface area contributed by atoms with E-state index in [9.17, 15) is 10.1 Å². The first kappa shape index (κ1) is 14.1. The molecule has 0 bridgehead atoms. The Labute approximate surface area is 119 Å². The molecule has 0 aliphatic carbocycles. The number of hydrogen-bond acceptors (Lipinski definition) is 8. The molecule has 0 saturated carbocycles. The number of thiazole rings is 1. The molecule has 0 saturated heterocycles. The number of nitrogens with zero attached hydrogens (tertiary/aromatic N) is 4. The predicted molar refractivity (Wildman–Crippen MR) is 77.0 cm³/mol. The Balaban J connectivity index is 2.22. The fourth-order valence-corrected chi connectivity index (χ4v) is 2.35. The van der Waals surface area contributed by atoms with Crippen LogP contribution in [-0.4, -0.2) is 26.4 Å². The van der Waals surface area contributed by atoms with Gasteiger partial charge in [-0.1, -0.05) is 0 Å². The van der Waals surface area contributed by atoms with Crippen molar-refractivity contribution >= 4 is 28.7 Å². The van der Waals surface area contributed by atoms with Crippen LogP contribution in [0.25, 0.3) is 0 Å². The van der Waals surface area contributed by atoms with Crippen LogP contribution in [0.4, 0.5) is 17.3 Å². The molecule has 0 fully saturated rings. The molecule has 2 rings (SSSR count). The first-order chi connectivity index (χ1) is 9.61. The van der Waals surface area contributed by atoms with E-state index in [0.29, 0.717) is 13.1 Å². The molecule has 2 heterocycles. The van der Waals surface area contributed by atoms with Crippen molar-refractivity contribution in [2.75, 3.05) is 17.2 Å². The van der Waals surface area contributed by atoms with Gasteiger partial charge < -0.3 is 10.6 Å². The third-order valence-electron chi connectivity index (χ3n) is 2.43. The zero-order chi connectivity index (χ0) is 14.5. The zero-order valence-corrected chi connectivity index (χ0v) is 11.9. The van der Waals surface area contributed by atoms with Crippen molar-refractivity contribution in [2.24, 2.45) is 0 Å². The summed E-state index contributed by atoms with van der Waals surface area (Å²) in [6, 6.07) is 0. The van der Waals surface area contributed by atoms with Gasteiger partial charge in [0.25, 0.3) is 0 Å². The molecule has 2 N–H and O–H groups in total. The van der Waals surface area contributed by atoms with E-state index in [1.54, 1.807) is 6.20 Å². The molecule has 0 atom stereocenters. The SMILES string of the molecule is CCNc1ncnc(NCc2ncc(C)s2)c1[N+](=O)[O-]. The van der Waals surface area contributed by atoms with Crippen LogP contribution in [0.1, 0.15) is 16.8 Å². The smallest absolute Gasteiger partial charge is 0.353 e. The molecule has 0 aliphatic heterocycles. The monoisotopic (exact) mass is 294 g/mol. The second-order valence-electron chi connectivity index (χ2n) is 3.93. The van der Waals surface area contributed by atoms with E-state index in [1.165, 1.54) is 17.7 Å². The van der Waals surface area contributed by atoms with Crippen LogP contribution in [-0.2, 0) is 6.54 Å². The van der Waals surface area contributed by atoms with E-state index < -0.39 is 4.92 Å². The highest BCUT2D eigenvalue weighted by molar-refractivity contribution is 7.11. The van der Waals surface area contributed by atoms with E-state index in [1.807, 2.05) is 13.8 Å². The van der Waals surface area contributed by atoms with Crippen molar-refractivity contribution in [1.29, 1.82) is 0 Å². The molecule has 0 aromatic carbocycles. The topological polar surface area (TPSA) is 106 Å². The first-order valence-corrected chi connectivity index (χ1v) is 6.82. The van der Waals surface area contributed by atoms with Crippen LogP contribution >= 0.6 is 11.3 Å². The second kappa shape index (κ2) is 6.24. The van der Waals surface area contributed by atoms with Crippen LogP contribution < -0.4 is 10.6 Å². The molecule has 2 aromatic heterocycles. The van der Waals surface area contributed by atoms with Crippen LogP contribution in [0.3, 0.4) is 0 Å². The molecule has 0 spiro atoms. The Morgan fingerprint density at radius 2 is 2.00 bits per heavy atom. The van der Waals surface area contributed by atoms with Crippen molar-refractivity contribution in [2.45, 2.75) is 20.4 Å². The maximum atomic E-state index is 11.2. The summed E-state index contributed by atoms with van der Waals surface area (Å²) in [4.78, 5) is 23.8. The summed E-state index contributed by atoms with van der Waals surface area (Å²) in [5.41, 5.74) is -0.150. The fourth-order valence-electron chi connectivity index (χ4n) is 1.62. The van der Waals surface area contributed by atoms with Gasteiger partial charge in [0.05, 0.1) is 11.5 Å². The highest BCUT2D eigenvalue weighted by atomic mass is 32.1. The van der Waals surface area contributed by atoms with Gasteiger partial charge in [-0.05, 0) is 13.8 Å². The van der Waals surface area contributed by atoms with E-state index in [-0.39, 0.29) is 17.3 Å². The molecule has 0 unspecified atom stereocenters. The van der Waals surface area contributed by atoms with Crippen LogP contribution in [0, 0.1) is 17.0 Å². The number of nitro groups is 1. The van der Waals surface area contributed by atoms with Gasteiger partial charge in [0.1, 0.15) is 11.3 Å². The van der Waals surface area contributed by atoms with Gasteiger partial charge in [-0.3, -0.25) is 10.1 Å². The van der Waals surface area contributed by atoms with E-state index in [0.717, 1.165) is 9.88 Å². The lowest BCUT2D eigenvalue weighted by Crippen LogP contribution is -2.09. The van der Waals surface area contributed by atoms with Crippen molar-refractivity contribution in [1.82, 2.24) is 15.0 Å². The summed E-state index contributed by atoms with van der Waals surface area (Å²) < 4.78 is 0. The lowest BCUT2D eigenvalue weighted by atomic mass is 10.4. The minimum absolute atomic E-state index is 0.150. The Morgan fingerprint density at radius 3 is 2.55 bits per heavy atom. The standard InChI is InChI=1S/C11H14N6O2S/c1-3-12-10-9(17(18)19)11(16-6-15-10)14-5-8-13-4-7(2)20-8/h4,6H,3,5H2,1-2H3,(H2,12,14,15,16). The Kier molecular flexibility index (Phi) is 4.41. The molecule has 20 heavy (non-hydrogen) atoms. The minimum atomic E-state index is -0.493. The average Bonchev–Trinajstić information content (AvgIpc) is 2.82. The average molecular weight is 294 g/mol. The molecule has 0 amide bonds. The Hall–Kier alpha value is -2.29. The van der Waals surface area contributed by atoms with Gasteiger partial charge in [0, 0.05) is 17.6 Å². The van der Waals surface area contributed by atoms with E-state index in [4.69, 9.17) is 0 Å². The van der Waals surface area contributed by atoms with Gasteiger partial charge >= 0.3 is 5.69 Å². The number of hydrogen-bond donors (Lipinski definition) is 2. The Morgan fingerprint density at radius 1 is 1.30 bits per heavy atom. The quantitative estimate of drug-likeness (QED) is 0.621. The molecular formula is C11H14N6O2S.